The third-order valence-electron chi connectivity index (χ3n) is 2.49. The van der Waals surface area contributed by atoms with Crippen LogP contribution in [-0.2, 0) is 19.5 Å². The zero-order valence-corrected chi connectivity index (χ0v) is 10.5. The van der Waals surface area contributed by atoms with Crippen molar-refractivity contribution < 1.29 is 22.3 Å². The molecule has 0 saturated carbocycles. The van der Waals surface area contributed by atoms with Gasteiger partial charge in [0.1, 0.15) is 5.82 Å². The maximum absolute atomic E-state index is 12.7. The summed E-state index contributed by atoms with van der Waals surface area (Å²) in [6, 6.07) is 4.66. The number of rotatable bonds is 5. The molecule has 0 atom stereocenters. The number of hydrogen-bond donors (Lipinski definition) is 1. The Morgan fingerprint density at radius 2 is 1.83 bits per heavy atom. The van der Waals surface area contributed by atoms with Gasteiger partial charge in [-0.25, -0.2) is 17.5 Å². The van der Waals surface area contributed by atoms with Gasteiger partial charge in [-0.3, -0.25) is 0 Å². The minimum absolute atomic E-state index is 0.0390. The average Bonchev–Trinajstić information content (AvgIpc) is 2.82. The first-order chi connectivity index (χ1) is 8.58. The molecule has 1 N–H and O–H groups in total. The second-order valence-corrected chi connectivity index (χ2v) is 5.58. The van der Waals surface area contributed by atoms with Crippen LogP contribution in [0, 0.1) is 5.82 Å². The average molecular weight is 275 g/mol. The van der Waals surface area contributed by atoms with E-state index in [1.807, 2.05) is 0 Å². The second-order valence-electron chi connectivity index (χ2n) is 3.81. The van der Waals surface area contributed by atoms with Gasteiger partial charge in [0.25, 0.3) is 0 Å². The molecule has 5 nitrogen and oxygen atoms in total. The summed E-state index contributed by atoms with van der Waals surface area (Å²) >= 11 is 0. The second kappa shape index (κ2) is 5.75. The van der Waals surface area contributed by atoms with Crippen molar-refractivity contribution in [2.75, 3.05) is 19.8 Å². The highest BCUT2D eigenvalue weighted by atomic mass is 32.2. The molecule has 1 aliphatic heterocycles. The minimum atomic E-state index is -3.60. The molecule has 1 aliphatic rings. The van der Waals surface area contributed by atoms with E-state index in [0.717, 1.165) is 12.1 Å². The summed E-state index contributed by atoms with van der Waals surface area (Å²) in [7, 11) is -3.60. The number of hydrogen-bond acceptors (Lipinski definition) is 4. The van der Waals surface area contributed by atoms with Crippen molar-refractivity contribution in [3.05, 3.63) is 30.1 Å². The van der Waals surface area contributed by atoms with Gasteiger partial charge in [-0.05, 0) is 24.3 Å². The fourth-order valence-electron chi connectivity index (χ4n) is 1.58. The lowest BCUT2D eigenvalue weighted by atomic mass is 10.4. The van der Waals surface area contributed by atoms with Crippen LogP contribution < -0.4 is 4.72 Å². The number of nitrogens with one attached hydrogen (secondary N) is 1. The smallest absolute Gasteiger partial charge is 0.240 e. The highest BCUT2D eigenvalue weighted by molar-refractivity contribution is 7.89. The lowest BCUT2D eigenvalue weighted by Gasteiger charge is -2.10. The summed E-state index contributed by atoms with van der Waals surface area (Å²) < 4.78 is 49.1. The van der Waals surface area contributed by atoms with E-state index in [9.17, 15) is 12.8 Å². The molecule has 0 aliphatic carbocycles. The van der Waals surface area contributed by atoms with Crippen molar-refractivity contribution in [3.8, 4) is 0 Å². The first-order valence-electron chi connectivity index (χ1n) is 5.56. The summed E-state index contributed by atoms with van der Waals surface area (Å²) in [6.45, 7) is 1.29. The number of halogens is 1. The molecule has 2 rings (SSSR count). The molecule has 18 heavy (non-hydrogen) atoms. The summed E-state index contributed by atoms with van der Waals surface area (Å²) in [5, 5.41) is 0. The van der Waals surface area contributed by atoms with E-state index >= 15 is 0 Å². The Morgan fingerprint density at radius 3 is 2.44 bits per heavy atom. The first-order valence-corrected chi connectivity index (χ1v) is 7.05. The Bertz CT molecular complexity index is 482. The Kier molecular flexibility index (Phi) is 4.28. The molecule has 100 valence electrons. The van der Waals surface area contributed by atoms with Gasteiger partial charge in [0.2, 0.25) is 10.0 Å². The van der Waals surface area contributed by atoms with Gasteiger partial charge in [-0.15, -0.1) is 0 Å². The number of benzene rings is 1. The van der Waals surface area contributed by atoms with E-state index in [4.69, 9.17) is 9.47 Å². The summed E-state index contributed by atoms with van der Waals surface area (Å²) in [6.07, 6.45) is 0.0985. The molecular formula is C11H14FNO4S. The lowest BCUT2D eigenvalue weighted by Crippen LogP contribution is -2.27. The maximum Gasteiger partial charge on any atom is 0.240 e. The Hall–Kier alpha value is -1.02. The molecule has 0 amide bonds. The van der Waals surface area contributed by atoms with Crippen molar-refractivity contribution in [2.24, 2.45) is 0 Å². The quantitative estimate of drug-likeness (QED) is 0.866. The van der Waals surface area contributed by atoms with Gasteiger partial charge in [-0.1, -0.05) is 0 Å². The van der Waals surface area contributed by atoms with Gasteiger partial charge >= 0.3 is 0 Å². The van der Waals surface area contributed by atoms with E-state index in [1.54, 1.807) is 0 Å². The number of ether oxygens (including phenoxy) is 2. The van der Waals surface area contributed by atoms with E-state index < -0.39 is 15.8 Å². The highest BCUT2D eigenvalue weighted by Crippen LogP contribution is 2.11. The molecule has 1 fully saturated rings. The van der Waals surface area contributed by atoms with Crippen LogP contribution in [-0.4, -0.2) is 34.5 Å². The van der Waals surface area contributed by atoms with E-state index in [-0.39, 0.29) is 17.7 Å². The molecule has 1 heterocycles. The summed E-state index contributed by atoms with van der Waals surface area (Å²) in [5.74, 6) is -0.471. The summed E-state index contributed by atoms with van der Waals surface area (Å²) in [5.41, 5.74) is 0. The molecule has 1 aromatic rings. The minimum Gasteiger partial charge on any atom is -0.350 e. The zero-order chi connectivity index (χ0) is 13.0. The van der Waals surface area contributed by atoms with Gasteiger partial charge in [0.05, 0.1) is 18.1 Å². The van der Waals surface area contributed by atoms with Crippen LogP contribution in [0.25, 0.3) is 0 Å². The van der Waals surface area contributed by atoms with Crippen LogP contribution in [0.4, 0.5) is 4.39 Å². The Balaban J connectivity index is 1.88. The van der Waals surface area contributed by atoms with E-state index in [2.05, 4.69) is 4.72 Å². The van der Waals surface area contributed by atoms with Crippen LogP contribution in [0.5, 0.6) is 0 Å². The van der Waals surface area contributed by atoms with Gasteiger partial charge in [0, 0.05) is 13.0 Å². The molecule has 1 saturated heterocycles. The van der Waals surface area contributed by atoms with Crippen molar-refractivity contribution >= 4 is 10.0 Å². The molecule has 0 aromatic heterocycles. The van der Waals surface area contributed by atoms with E-state index in [0.29, 0.717) is 19.6 Å². The third-order valence-corrected chi connectivity index (χ3v) is 3.96. The van der Waals surface area contributed by atoms with Gasteiger partial charge in [-0.2, -0.15) is 0 Å². The van der Waals surface area contributed by atoms with Crippen LogP contribution in [0.2, 0.25) is 0 Å². The topological polar surface area (TPSA) is 64.6 Å². The van der Waals surface area contributed by atoms with Crippen LogP contribution >= 0.6 is 0 Å². The predicted octanol–water partition coefficient (Wildman–Crippen LogP) is 0.867. The van der Waals surface area contributed by atoms with E-state index in [1.165, 1.54) is 12.1 Å². The molecule has 0 radical (unpaired) electrons. The van der Waals surface area contributed by atoms with Gasteiger partial charge in [0.15, 0.2) is 6.29 Å². The maximum atomic E-state index is 12.7. The molecule has 0 spiro atoms. The van der Waals surface area contributed by atoms with Crippen molar-refractivity contribution in [1.29, 1.82) is 0 Å². The lowest BCUT2D eigenvalue weighted by molar-refractivity contribution is -0.0451. The fraction of sp³-hybridized carbons (Fsp3) is 0.455. The summed E-state index contributed by atoms with van der Waals surface area (Å²) in [4.78, 5) is 0.0390. The SMILES string of the molecule is O=S(=O)(NCCC1OCCO1)c1ccc(F)cc1. The fourth-order valence-corrected chi connectivity index (χ4v) is 2.63. The first kappa shape index (κ1) is 13.4. The van der Waals surface area contributed by atoms with Crippen molar-refractivity contribution in [3.63, 3.8) is 0 Å². The molecule has 0 unspecified atom stereocenters. The molecular weight excluding hydrogens is 261 g/mol. The Labute approximate surface area is 105 Å². The normalized spacial score (nSPS) is 17.2. The van der Waals surface area contributed by atoms with Crippen molar-refractivity contribution in [2.45, 2.75) is 17.6 Å². The van der Waals surface area contributed by atoms with Crippen molar-refractivity contribution in [1.82, 2.24) is 4.72 Å². The standard InChI is InChI=1S/C11H14FNO4S/c12-9-1-3-10(4-2-9)18(14,15)13-6-5-11-16-7-8-17-11/h1-4,11,13H,5-8H2. The largest absolute Gasteiger partial charge is 0.350 e. The zero-order valence-electron chi connectivity index (χ0n) is 9.63. The van der Waals surface area contributed by atoms with Crippen LogP contribution in [0.15, 0.2) is 29.2 Å². The highest BCUT2D eigenvalue weighted by Gasteiger charge is 2.18. The molecule has 7 heteroatoms. The van der Waals surface area contributed by atoms with Gasteiger partial charge < -0.3 is 9.47 Å². The Morgan fingerprint density at radius 1 is 1.22 bits per heavy atom. The predicted molar refractivity (Wildman–Crippen MR) is 61.9 cm³/mol. The third kappa shape index (κ3) is 3.49. The molecule has 0 bridgehead atoms. The van der Waals surface area contributed by atoms with Crippen LogP contribution in [0.3, 0.4) is 0 Å². The van der Waals surface area contributed by atoms with Crippen LogP contribution in [0.1, 0.15) is 6.42 Å². The number of sulfonamides is 1. The molecule has 1 aromatic carbocycles. The monoisotopic (exact) mass is 275 g/mol.